The quantitative estimate of drug-likeness (QED) is 0.835. The number of hydrogen-bond acceptors (Lipinski definition) is 3. The molecule has 0 aliphatic carbocycles. The van der Waals surface area contributed by atoms with Crippen molar-refractivity contribution in [2.45, 2.75) is 32.9 Å². The first-order chi connectivity index (χ1) is 9.31. The first-order valence-corrected chi connectivity index (χ1v) is 6.26. The maximum atomic E-state index is 12.8. The lowest BCUT2D eigenvalue weighted by molar-refractivity contribution is -0.143. The number of rotatable bonds is 6. The summed E-state index contributed by atoms with van der Waals surface area (Å²) in [6.45, 7) is 4.92. The lowest BCUT2D eigenvalue weighted by Crippen LogP contribution is -2.47. The molecule has 1 rings (SSSR count). The Bertz CT molecular complexity index is 473. The van der Waals surface area contributed by atoms with Crippen LogP contribution in [0, 0.1) is 11.7 Å². The second-order valence-corrected chi connectivity index (χ2v) is 4.80. The van der Waals surface area contributed by atoms with Gasteiger partial charge in [-0.2, -0.15) is 0 Å². The Balaban J connectivity index is 2.76. The Morgan fingerprint density at radius 1 is 1.20 bits per heavy atom. The lowest BCUT2D eigenvalue weighted by atomic mass is 10.1. The number of hydrogen-bond donors (Lipinski definition) is 2. The van der Waals surface area contributed by atoms with Crippen LogP contribution in [0.1, 0.15) is 20.8 Å². The van der Waals surface area contributed by atoms with E-state index in [-0.39, 0.29) is 5.92 Å². The van der Waals surface area contributed by atoms with Crippen molar-refractivity contribution in [3.8, 4) is 5.75 Å². The molecule has 0 aliphatic heterocycles. The molecule has 110 valence electrons. The third-order valence-electron chi connectivity index (χ3n) is 2.67. The number of carbonyl (C=O) groups is 2. The molecule has 2 N–H and O–H groups in total. The third kappa shape index (κ3) is 4.53. The van der Waals surface area contributed by atoms with E-state index in [0.29, 0.717) is 5.75 Å². The number of carbonyl (C=O) groups excluding carboxylic acids is 1. The van der Waals surface area contributed by atoms with Crippen molar-refractivity contribution in [3.63, 3.8) is 0 Å². The van der Waals surface area contributed by atoms with Crippen LogP contribution in [0.25, 0.3) is 0 Å². The van der Waals surface area contributed by atoms with Crippen LogP contribution in [0.15, 0.2) is 24.3 Å². The van der Waals surface area contributed by atoms with Crippen molar-refractivity contribution in [3.05, 3.63) is 30.1 Å². The van der Waals surface area contributed by atoms with Gasteiger partial charge in [-0.15, -0.1) is 0 Å². The topological polar surface area (TPSA) is 75.6 Å². The molecule has 0 saturated carbocycles. The van der Waals surface area contributed by atoms with E-state index in [1.807, 2.05) is 0 Å². The van der Waals surface area contributed by atoms with Crippen molar-refractivity contribution < 1.29 is 23.8 Å². The van der Waals surface area contributed by atoms with Gasteiger partial charge >= 0.3 is 5.97 Å². The Morgan fingerprint density at radius 3 is 2.20 bits per heavy atom. The maximum Gasteiger partial charge on any atom is 0.325 e. The number of carboxylic acid groups (broad SMARTS) is 1. The molecule has 20 heavy (non-hydrogen) atoms. The van der Waals surface area contributed by atoms with Gasteiger partial charge in [-0.05, 0) is 37.1 Å². The molecule has 0 aromatic heterocycles. The summed E-state index contributed by atoms with van der Waals surface area (Å²) in [5.41, 5.74) is 0. The molecule has 1 aromatic rings. The highest BCUT2D eigenvalue weighted by Gasteiger charge is 2.27. The van der Waals surface area contributed by atoms with Gasteiger partial charge in [-0.3, -0.25) is 9.59 Å². The minimum atomic E-state index is -1.12. The van der Waals surface area contributed by atoms with E-state index in [2.05, 4.69) is 5.32 Å². The smallest absolute Gasteiger partial charge is 0.325 e. The van der Waals surface area contributed by atoms with Crippen molar-refractivity contribution in [1.82, 2.24) is 5.32 Å². The molecular weight excluding hydrogens is 265 g/mol. The van der Waals surface area contributed by atoms with Gasteiger partial charge in [0, 0.05) is 0 Å². The van der Waals surface area contributed by atoms with Gasteiger partial charge in [0.15, 0.2) is 6.10 Å². The number of halogens is 1. The SMILES string of the molecule is CC(NC(=O)C(Oc1ccc(F)cc1)C(C)C)C(=O)O. The number of carboxylic acids is 1. The fourth-order valence-corrected chi connectivity index (χ4v) is 1.51. The Labute approximate surface area is 116 Å². The number of benzene rings is 1. The monoisotopic (exact) mass is 283 g/mol. The van der Waals surface area contributed by atoms with E-state index in [1.54, 1.807) is 13.8 Å². The van der Waals surface area contributed by atoms with Crippen molar-refractivity contribution in [1.29, 1.82) is 0 Å². The summed E-state index contributed by atoms with van der Waals surface area (Å²) in [7, 11) is 0. The summed E-state index contributed by atoms with van der Waals surface area (Å²) in [5, 5.41) is 11.1. The van der Waals surface area contributed by atoms with Gasteiger partial charge in [-0.1, -0.05) is 13.8 Å². The largest absolute Gasteiger partial charge is 0.480 e. The van der Waals surface area contributed by atoms with Crippen LogP contribution in [0.3, 0.4) is 0 Å². The number of amides is 1. The Hall–Kier alpha value is -2.11. The molecule has 5 nitrogen and oxygen atoms in total. The van der Waals surface area contributed by atoms with E-state index in [0.717, 1.165) is 0 Å². The molecule has 0 saturated heterocycles. The molecule has 1 amide bonds. The molecule has 0 radical (unpaired) electrons. The van der Waals surface area contributed by atoms with E-state index >= 15 is 0 Å². The molecule has 0 spiro atoms. The number of ether oxygens (including phenoxy) is 1. The van der Waals surface area contributed by atoms with Crippen LogP contribution in [-0.4, -0.2) is 29.1 Å². The average molecular weight is 283 g/mol. The van der Waals surface area contributed by atoms with Gasteiger partial charge in [0.05, 0.1) is 0 Å². The molecule has 6 heteroatoms. The van der Waals surface area contributed by atoms with Crippen molar-refractivity contribution >= 4 is 11.9 Å². The van der Waals surface area contributed by atoms with Crippen LogP contribution >= 0.6 is 0 Å². The summed E-state index contributed by atoms with van der Waals surface area (Å²) < 4.78 is 18.3. The van der Waals surface area contributed by atoms with Gasteiger partial charge in [0.1, 0.15) is 17.6 Å². The van der Waals surface area contributed by atoms with Gasteiger partial charge in [0.25, 0.3) is 5.91 Å². The van der Waals surface area contributed by atoms with Gasteiger partial charge < -0.3 is 15.2 Å². The summed E-state index contributed by atoms with van der Waals surface area (Å²) in [5.74, 6) is -1.85. The summed E-state index contributed by atoms with van der Waals surface area (Å²) in [6, 6.07) is 4.28. The van der Waals surface area contributed by atoms with Crippen molar-refractivity contribution in [2.75, 3.05) is 0 Å². The van der Waals surface area contributed by atoms with Gasteiger partial charge in [-0.25, -0.2) is 4.39 Å². The molecule has 2 unspecified atom stereocenters. The third-order valence-corrected chi connectivity index (χ3v) is 2.67. The van der Waals surface area contributed by atoms with Crippen LogP contribution < -0.4 is 10.1 Å². The fourth-order valence-electron chi connectivity index (χ4n) is 1.51. The van der Waals surface area contributed by atoms with E-state index in [9.17, 15) is 14.0 Å². The first kappa shape index (κ1) is 15.9. The van der Waals surface area contributed by atoms with Crippen LogP contribution in [-0.2, 0) is 9.59 Å². The molecule has 0 bridgehead atoms. The molecule has 1 aromatic carbocycles. The Morgan fingerprint density at radius 2 is 1.75 bits per heavy atom. The normalized spacial score (nSPS) is 13.7. The van der Waals surface area contributed by atoms with Crippen LogP contribution in [0.4, 0.5) is 4.39 Å². The highest BCUT2D eigenvalue weighted by molar-refractivity contribution is 5.86. The Kier molecular flexibility index (Phi) is 5.49. The standard InChI is InChI=1S/C14H18FNO4/c1-8(2)12(13(17)16-9(3)14(18)19)20-11-6-4-10(15)5-7-11/h4-9,12H,1-3H3,(H,16,17)(H,18,19). The molecule has 0 fully saturated rings. The van der Waals surface area contributed by atoms with E-state index in [4.69, 9.17) is 9.84 Å². The lowest BCUT2D eigenvalue weighted by Gasteiger charge is -2.23. The zero-order chi connectivity index (χ0) is 15.3. The summed E-state index contributed by atoms with van der Waals surface area (Å²) in [4.78, 5) is 22.7. The van der Waals surface area contributed by atoms with Crippen LogP contribution in [0.5, 0.6) is 5.75 Å². The molecule has 2 atom stereocenters. The minimum Gasteiger partial charge on any atom is -0.480 e. The molecular formula is C14H18FNO4. The second-order valence-electron chi connectivity index (χ2n) is 4.80. The first-order valence-electron chi connectivity index (χ1n) is 6.26. The van der Waals surface area contributed by atoms with Crippen molar-refractivity contribution in [2.24, 2.45) is 5.92 Å². The molecule has 0 heterocycles. The summed E-state index contributed by atoms with van der Waals surface area (Å²) >= 11 is 0. The number of nitrogens with one attached hydrogen (secondary N) is 1. The zero-order valence-corrected chi connectivity index (χ0v) is 11.6. The maximum absolute atomic E-state index is 12.8. The van der Waals surface area contributed by atoms with Gasteiger partial charge in [0.2, 0.25) is 0 Å². The number of aliphatic carboxylic acids is 1. The average Bonchev–Trinajstić information content (AvgIpc) is 2.37. The van der Waals surface area contributed by atoms with E-state index < -0.39 is 29.8 Å². The second kappa shape index (κ2) is 6.88. The molecule has 0 aliphatic rings. The fraction of sp³-hybridized carbons (Fsp3) is 0.429. The highest BCUT2D eigenvalue weighted by atomic mass is 19.1. The predicted molar refractivity (Wildman–Crippen MR) is 70.9 cm³/mol. The summed E-state index contributed by atoms with van der Waals surface area (Å²) in [6.07, 6.45) is -0.845. The predicted octanol–water partition coefficient (Wildman–Crippen LogP) is 1.82. The minimum absolute atomic E-state index is 0.166. The highest BCUT2D eigenvalue weighted by Crippen LogP contribution is 2.17. The van der Waals surface area contributed by atoms with Crippen LogP contribution in [0.2, 0.25) is 0 Å². The zero-order valence-electron chi connectivity index (χ0n) is 11.6. The van der Waals surface area contributed by atoms with E-state index in [1.165, 1.54) is 31.2 Å².